The predicted octanol–water partition coefficient (Wildman–Crippen LogP) is 2.29. The number of nitrogens with zero attached hydrogens (tertiary/aromatic N) is 2. The van der Waals surface area contributed by atoms with E-state index in [1.54, 1.807) is 19.2 Å². The number of rotatable bonds is 4. The van der Waals surface area contributed by atoms with Crippen LogP contribution in [0.15, 0.2) is 41.2 Å². The Morgan fingerprint density at radius 2 is 2.08 bits per heavy atom. The average Bonchev–Trinajstić information content (AvgIpc) is 2.62. The molecule has 2 aliphatic rings. The lowest BCUT2D eigenvalue weighted by molar-refractivity contribution is 0.111. The van der Waals surface area contributed by atoms with Crippen molar-refractivity contribution >= 4 is 6.29 Å². The molecule has 4 rings (SSSR count). The van der Waals surface area contributed by atoms with Crippen molar-refractivity contribution < 1.29 is 9.53 Å². The Kier molecular flexibility index (Phi) is 4.17. The molecule has 2 atom stereocenters. The highest BCUT2D eigenvalue weighted by molar-refractivity contribution is 5.75. The van der Waals surface area contributed by atoms with Crippen molar-refractivity contribution in [3.63, 3.8) is 0 Å². The topological polar surface area (TPSA) is 51.5 Å². The van der Waals surface area contributed by atoms with Gasteiger partial charge in [0.1, 0.15) is 12.0 Å². The molecule has 5 heteroatoms. The van der Waals surface area contributed by atoms with Crippen LogP contribution in [-0.2, 0) is 13.1 Å². The summed E-state index contributed by atoms with van der Waals surface area (Å²) in [6, 6.07) is 11.2. The summed E-state index contributed by atoms with van der Waals surface area (Å²) in [5, 5.41) is 0. The number of benzene rings is 1. The number of aldehydes is 1. The third-order valence-corrected chi connectivity index (χ3v) is 5.39. The number of likely N-dealkylation sites (tertiary alicyclic amines) is 1. The Labute approximate surface area is 146 Å². The molecule has 1 fully saturated rings. The van der Waals surface area contributed by atoms with Gasteiger partial charge in [0.15, 0.2) is 0 Å². The van der Waals surface area contributed by atoms with Gasteiger partial charge in [-0.3, -0.25) is 14.5 Å². The summed E-state index contributed by atoms with van der Waals surface area (Å²) in [6.45, 7) is 3.45. The number of methoxy groups -OCH3 is 1. The van der Waals surface area contributed by atoms with E-state index in [9.17, 15) is 9.59 Å². The largest absolute Gasteiger partial charge is 0.496 e. The van der Waals surface area contributed by atoms with E-state index in [2.05, 4.69) is 11.0 Å². The third-order valence-electron chi connectivity index (χ3n) is 5.39. The van der Waals surface area contributed by atoms with Gasteiger partial charge >= 0.3 is 0 Å². The lowest BCUT2D eigenvalue weighted by atomic mass is 9.83. The number of ether oxygens (including phenoxy) is 1. The van der Waals surface area contributed by atoms with E-state index in [-0.39, 0.29) is 5.56 Å². The Balaban J connectivity index is 1.59. The Hall–Kier alpha value is -2.40. The summed E-state index contributed by atoms with van der Waals surface area (Å²) in [7, 11) is 1.66. The van der Waals surface area contributed by atoms with E-state index in [1.807, 2.05) is 22.8 Å². The lowest BCUT2D eigenvalue weighted by Gasteiger charge is -2.42. The molecule has 130 valence electrons. The van der Waals surface area contributed by atoms with Crippen LogP contribution in [0.1, 0.15) is 34.0 Å². The first-order chi connectivity index (χ1) is 12.2. The molecular formula is C20H22N2O3. The molecule has 2 aromatic rings. The maximum absolute atomic E-state index is 12.1. The van der Waals surface area contributed by atoms with Crippen LogP contribution in [0.4, 0.5) is 0 Å². The van der Waals surface area contributed by atoms with E-state index >= 15 is 0 Å². The normalized spacial score (nSPS) is 22.3. The lowest BCUT2D eigenvalue weighted by Crippen LogP contribution is -2.46. The molecule has 3 heterocycles. The molecule has 0 unspecified atom stereocenters. The van der Waals surface area contributed by atoms with Gasteiger partial charge in [-0.15, -0.1) is 0 Å². The fraction of sp³-hybridized carbons (Fsp3) is 0.400. The number of aromatic nitrogens is 1. The minimum atomic E-state index is 0.112. The van der Waals surface area contributed by atoms with Gasteiger partial charge in [0.2, 0.25) is 0 Å². The van der Waals surface area contributed by atoms with Crippen molar-refractivity contribution in [2.75, 3.05) is 20.2 Å². The molecule has 2 bridgehead atoms. The van der Waals surface area contributed by atoms with Crippen LogP contribution in [0.5, 0.6) is 5.75 Å². The van der Waals surface area contributed by atoms with Gasteiger partial charge in [0.05, 0.1) is 7.11 Å². The van der Waals surface area contributed by atoms with Crippen LogP contribution in [-0.4, -0.2) is 36.0 Å². The first-order valence-corrected chi connectivity index (χ1v) is 8.72. The second-order valence-electron chi connectivity index (χ2n) is 7.08. The van der Waals surface area contributed by atoms with E-state index in [0.717, 1.165) is 55.9 Å². The Morgan fingerprint density at radius 3 is 2.88 bits per heavy atom. The van der Waals surface area contributed by atoms with Crippen LogP contribution < -0.4 is 10.3 Å². The quantitative estimate of drug-likeness (QED) is 0.803. The van der Waals surface area contributed by atoms with Gasteiger partial charge < -0.3 is 9.30 Å². The average molecular weight is 338 g/mol. The fourth-order valence-corrected chi connectivity index (χ4v) is 4.36. The van der Waals surface area contributed by atoms with E-state index in [0.29, 0.717) is 17.4 Å². The number of fused-ring (bicyclic) bond motifs is 4. The molecule has 25 heavy (non-hydrogen) atoms. The molecule has 2 aliphatic heterocycles. The van der Waals surface area contributed by atoms with Gasteiger partial charge in [-0.05, 0) is 36.6 Å². The summed E-state index contributed by atoms with van der Waals surface area (Å²) < 4.78 is 7.41. The zero-order valence-corrected chi connectivity index (χ0v) is 14.4. The van der Waals surface area contributed by atoms with Gasteiger partial charge in [-0.25, -0.2) is 0 Å². The smallest absolute Gasteiger partial charge is 0.250 e. The van der Waals surface area contributed by atoms with Crippen LogP contribution in [0, 0.1) is 5.92 Å². The number of hydrogen-bond acceptors (Lipinski definition) is 4. The van der Waals surface area contributed by atoms with E-state index < -0.39 is 0 Å². The monoisotopic (exact) mass is 338 g/mol. The minimum Gasteiger partial charge on any atom is -0.496 e. The van der Waals surface area contributed by atoms with Gasteiger partial charge in [-0.2, -0.15) is 0 Å². The number of carbonyl (C=O) groups excluding carboxylic acids is 1. The van der Waals surface area contributed by atoms with Gasteiger partial charge in [0.25, 0.3) is 5.56 Å². The van der Waals surface area contributed by atoms with Crippen LogP contribution in [0.25, 0.3) is 0 Å². The molecule has 1 saturated heterocycles. The second kappa shape index (κ2) is 6.48. The summed E-state index contributed by atoms with van der Waals surface area (Å²) in [4.78, 5) is 25.6. The summed E-state index contributed by atoms with van der Waals surface area (Å²) in [6.07, 6.45) is 2.02. The zero-order chi connectivity index (χ0) is 17.4. The first kappa shape index (κ1) is 16.1. The SMILES string of the molecule is COc1ccc(C=O)cc1CN1C[C@@H]2C[C@H](C1)c1cccc(=O)n1C2. The van der Waals surface area contributed by atoms with Crippen LogP contribution in [0.3, 0.4) is 0 Å². The van der Waals surface area contributed by atoms with E-state index in [4.69, 9.17) is 4.74 Å². The molecule has 1 aromatic carbocycles. The predicted molar refractivity (Wildman–Crippen MR) is 95.2 cm³/mol. The zero-order valence-electron chi connectivity index (χ0n) is 14.4. The minimum absolute atomic E-state index is 0.112. The molecule has 0 spiro atoms. The maximum atomic E-state index is 12.1. The molecule has 1 aromatic heterocycles. The molecule has 0 radical (unpaired) electrons. The fourth-order valence-electron chi connectivity index (χ4n) is 4.36. The summed E-state index contributed by atoms with van der Waals surface area (Å²) >= 11 is 0. The molecule has 0 aliphatic carbocycles. The highest BCUT2D eigenvalue weighted by Crippen LogP contribution is 2.36. The number of hydrogen-bond donors (Lipinski definition) is 0. The van der Waals surface area contributed by atoms with Crippen molar-refractivity contribution in [3.05, 3.63) is 63.6 Å². The Morgan fingerprint density at radius 1 is 1.20 bits per heavy atom. The number of piperidine rings is 1. The van der Waals surface area contributed by atoms with Crippen molar-refractivity contribution in [1.29, 1.82) is 0 Å². The van der Waals surface area contributed by atoms with Gasteiger partial charge in [-0.1, -0.05) is 6.07 Å². The van der Waals surface area contributed by atoms with Crippen molar-refractivity contribution in [2.24, 2.45) is 5.92 Å². The van der Waals surface area contributed by atoms with Gasteiger partial charge in [0, 0.05) is 55.0 Å². The Bertz CT molecular complexity index is 858. The first-order valence-electron chi connectivity index (χ1n) is 8.72. The highest BCUT2D eigenvalue weighted by Gasteiger charge is 2.34. The highest BCUT2D eigenvalue weighted by atomic mass is 16.5. The molecule has 5 nitrogen and oxygen atoms in total. The molecule has 0 amide bonds. The summed E-state index contributed by atoms with van der Waals surface area (Å²) in [5.74, 6) is 1.70. The molecular weight excluding hydrogens is 316 g/mol. The third kappa shape index (κ3) is 3.00. The van der Waals surface area contributed by atoms with Crippen molar-refractivity contribution in [2.45, 2.75) is 25.4 Å². The van der Waals surface area contributed by atoms with Crippen molar-refractivity contribution in [1.82, 2.24) is 9.47 Å². The van der Waals surface area contributed by atoms with Crippen molar-refractivity contribution in [3.8, 4) is 5.75 Å². The van der Waals surface area contributed by atoms with Crippen LogP contribution >= 0.6 is 0 Å². The maximum Gasteiger partial charge on any atom is 0.250 e. The summed E-state index contributed by atoms with van der Waals surface area (Å²) in [5.41, 5.74) is 2.98. The van der Waals surface area contributed by atoms with Crippen LogP contribution in [0.2, 0.25) is 0 Å². The standard InChI is InChI=1S/C20H22N2O3/c1-25-19-6-5-14(13-23)7-17(19)12-21-9-15-8-16(11-21)18-3-2-4-20(24)22(18)10-15/h2-7,13,15-16H,8-12H2,1H3/t15-,16+/m0/s1. The second-order valence-corrected chi connectivity index (χ2v) is 7.08. The van der Waals surface area contributed by atoms with E-state index in [1.165, 1.54) is 0 Å². The number of pyridine rings is 1. The molecule has 0 saturated carbocycles. The number of carbonyl (C=O) groups is 1. The molecule has 0 N–H and O–H groups in total.